The molecule has 1 saturated heterocycles. The van der Waals surface area contributed by atoms with Crippen LogP contribution in [-0.2, 0) is 18.9 Å². The summed E-state index contributed by atoms with van der Waals surface area (Å²) in [4.78, 5) is 42.4. The van der Waals surface area contributed by atoms with Gasteiger partial charge in [-0.2, -0.15) is 0 Å². The van der Waals surface area contributed by atoms with Crippen molar-refractivity contribution in [2.75, 3.05) is 20.2 Å². The normalized spacial score (nSPS) is 17.1. The maximum atomic E-state index is 14.2. The van der Waals surface area contributed by atoms with E-state index in [1.807, 2.05) is 0 Å². The standard InChI is InChI=1S/C28H29N3O7/c1-29-25(34)23-21(17-12-11-16(37-3)15-20(17)33)22(26(35)31-13-7-4-8-14-31)24(18-9-5-6-10-19(18)32)38-27(23)30(2)28(29)36/h5-6,9-12,15,21,32-33H,4,7-8,13-14H2,1-3H3. The summed E-state index contributed by atoms with van der Waals surface area (Å²) < 4.78 is 13.6. The van der Waals surface area contributed by atoms with Gasteiger partial charge in [0.2, 0.25) is 5.88 Å². The van der Waals surface area contributed by atoms with Gasteiger partial charge in [-0.3, -0.25) is 18.7 Å². The fraction of sp³-hybridized carbons (Fsp3) is 0.321. The molecule has 0 bridgehead atoms. The number of piperidine rings is 1. The number of ether oxygens (including phenoxy) is 2. The molecule has 2 N–H and O–H groups in total. The van der Waals surface area contributed by atoms with Gasteiger partial charge in [-0.1, -0.05) is 18.2 Å². The second kappa shape index (κ2) is 9.77. The van der Waals surface area contributed by atoms with Crippen LogP contribution in [0.15, 0.2) is 57.6 Å². The first kappa shape index (κ1) is 25.2. The average molecular weight is 520 g/mol. The lowest BCUT2D eigenvalue weighted by atomic mass is 9.81. The molecule has 1 atom stereocenters. The van der Waals surface area contributed by atoms with E-state index in [9.17, 15) is 24.6 Å². The minimum absolute atomic E-state index is 0.0228. The first-order valence-corrected chi connectivity index (χ1v) is 12.4. The lowest BCUT2D eigenvalue weighted by Gasteiger charge is -2.35. The van der Waals surface area contributed by atoms with E-state index in [0.717, 1.165) is 23.8 Å². The summed E-state index contributed by atoms with van der Waals surface area (Å²) in [5.74, 6) is -1.45. The van der Waals surface area contributed by atoms with Gasteiger partial charge in [0, 0.05) is 38.8 Å². The minimum Gasteiger partial charge on any atom is -0.507 e. The number of para-hydroxylation sites is 1. The number of aromatic nitrogens is 2. The average Bonchev–Trinajstić information content (AvgIpc) is 2.94. The second-order valence-electron chi connectivity index (χ2n) is 9.50. The Bertz CT molecular complexity index is 1580. The summed E-state index contributed by atoms with van der Waals surface area (Å²) in [5.41, 5.74) is -0.645. The lowest BCUT2D eigenvalue weighted by molar-refractivity contribution is -0.128. The maximum Gasteiger partial charge on any atom is 0.333 e. The smallest absolute Gasteiger partial charge is 0.333 e. The number of likely N-dealkylation sites (tertiary alicyclic amines) is 1. The molecule has 1 amide bonds. The molecule has 2 aliphatic heterocycles. The van der Waals surface area contributed by atoms with Gasteiger partial charge >= 0.3 is 5.69 Å². The first-order chi connectivity index (χ1) is 18.2. The number of benzene rings is 2. The molecule has 3 aromatic rings. The summed E-state index contributed by atoms with van der Waals surface area (Å²) in [7, 11) is 4.28. The van der Waals surface area contributed by atoms with Crippen LogP contribution in [0, 0.1) is 0 Å². The number of rotatable bonds is 4. The topological polar surface area (TPSA) is 123 Å². The van der Waals surface area contributed by atoms with E-state index in [1.165, 1.54) is 37.9 Å². The van der Waals surface area contributed by atoms with Gasteiger partial charge in [0.05, 0.1) is 29.7 Å². The Hall–Kier alpha value is -4.47. The molecule has 0 radical (unpaired) electrons. The molecule has 198 valence electrons. The molecule has 2 aromatic carbocycles. The van der Waals surface area contributed by atoms with E-state index < -0.39 is 17.2 Å². The quantitative estimate of drug-likeness (QED) is 0.543. The number of carbonyl (C=O) groups is 1. The number of phenolic OH excluding ortho intramolecular Hbond substituents is 2. The number of phenols is 2. The predicted molar refractivity (Wildman–Crippen MR) is 140 cm³/mol. The van der Waals surface area contributed by atoms with Crippen molar-refractivity contribution in [1.82, 2.24) is 14.0 Å². The van der Waals surface area contributed by atoms with Gasteiger partial charge in [0.1, 0.15) is 23.0 Å². The van der Waals surface area contributed by atoms with Crippen LogP contribution in [0.4, 0.5) is 0 Å². The molecule has 10 nitrogen and oxygen atoms in total. The van der Waals surface area contributed by atoms with Crippen LogP contribution in [-0.4, -0.2) is 50.4 Å². The molecule has 10 heteroatoms. The molecule has 0 spiro atoms. The van der Waals surface area contributed by atoms with Crippen LogP contribution < -0.4 is 20.7 Å². The fourth-order valence-corrected chi connectivity index (χ4v) is 5.21. The maximum absolute atomic E-state index is 14.2. The molecule has 2 aliphatic rings. The Morgan fingerprint density at radius 1 is 0.974 bits per heavy atom. The van der Waals surface area contributed by atoms with Crippen LogP contribution in [0.3, 0.4) is 0 Å². The number of hydrogen-bond donors (Lipinski definition) is 2. The van der Waals surface area contributed by atoms with E-state index in [4.69, 9.17) is 9.47 Å². The number of hydrogen-bond acceptors (Lipinski definition) is 7. The molecular formula is C28H29N3O7. The molecule has 0 aliphatic carbocycles. The number of nitrogens with zero attached hydrogens (tertiary/aromatic N) is 3. The largest absolute Gasteiger partial charge is 0.507 e. The van der Waals surface area contributed by atoms with Crippen LogP contribution in [0.25, 0.3) is 5.76 Å². The van der Waals surface area contributed by atoms with Crippen molar-refractivity contribution in [2.24, 2.45) is 14.1 Å². The highest BCUT2D eigenvalue weighted by Crippen LogP contribution is 2.48. The van der Waals surface area contributed by atoms with Crippen molar-refractivity contribution in [3.05, 3.63) is 85.6 Å². The summed E-state index contributed by atoms with van der Waals surface area (Å²) in [6.07, 6.45) is 2.66. The van der Waals surface area contributed by atoms with Crippen molar-refractivity contribution in [3.8, 4) is 23.1 Å². The molecule has 3 heterocycles. The summed E-state index contributed by atoms with van der Waals surface area (Å²) in [5, 5.41) is 21.9. The molecular weight excluding hydrogens is 490 g/mol. The Balaban J connectivity index is 1.89. The van der Waals surface area contributed by atoms with Gasteiger partial charge < -0.3 is 24.6 Å². The number of aromatic hydroxyl groups is 2. The third-order valence-corrected chi connectivity index (χ3v) is 7.24. The van der Waals surface area contributed by atoms with Gasteiger partial charge in [0.25, 0.3) is 11.5 Å². The van der Waals surface area contributed by atoms with Gasteiger partial charge in [-0.05, 0) is 37.5 Å². The number of methoxy groups -OCH3 is 1. The van der Waals surface area contributed by atoms with E-state index in [2.05, 4.69) is 0 Å². The lowest BCUT2D eigenvalue weighted by Crippen LogP contribution is -2.44. The van der Waals surface area contributed by atoms with Crippen LogP contribution in [0.1, 0.15) is 41.9 Å². The predicted octanol–water partition coefficient (Wildman–Crippen LogP) is 2.45. The molecule has 1 fully saturated rings. The minimum atomic E-state index is -1.10. The Morgan fingerprint density at radius 3 is 2.34 bits per heavy atom. The van der Waals surface area contributed by atoms with Crippen LogP contribution in [0.2, 0.25) is 0 Å². The SMILES string of the molecule is COc1ccc(C2C(C(=O)N3CCCCC3)=C(c3ccccc3O)Oc3c2c(=O)n(C)c(=O)n3C)c(O)c1. The molecule has 5 rings (SSSR count). The zero-order chi connectivity index (χ0) is 27.1. The Morgan fingerprint density at radius 2 is 1.68 bits per heavy atom. The first-order valence-electron chi connectivity index (χ1n) is 12.4. The summed E-state index contributed by atoms with van der Waals surface area (Å²) in [6.45, 7) is 1.05. The van der Waals surface area contributed by atoms with Crippen molar-refractivity contribution < 1.29 is 24.5 Å². The zero-order valence-electron chi connectivity index (χ0n) is 21.4. The van der Waals surface area contributed by atoms with Crippen molar-refractivity contribution in [2.45, 2.75) is 25.2 Å². The van der Waals surface area contributed by atoms with E-state index >= 15 is 0 Å². The number of carbonyl (C=O) groups excluding carboxylic acids is 1. The third-order valence-electron chi connectivity index (χ3n) is 7.24. The highest BCUT2D eigenvalue weighted by Gasteiger charge is 2.43. The van der Waals surface area contributed by atoms with Crippen LogP contribution >= 0.6 is 0 Å². The van der Waals surface area contributed by atoms with E-state index in [1.54, 1.807) is 35.2 Å². The zero-order valence-corrected chi connectivity index (χ0v) is 21.4. The van der Waals surface area contributed by atoms with Gasteiger partial charge in [0.15, 0.2) is 0 Å². The summed E-state index contributed by atoms with van der Waals surface area (Å²) in [6, 6.07) is 11.0. The van der Waals surface area contributed by atoms with Gasteiger partial charge in [-0.15, -0.1) is 0 Å². The Kier molecular flexibility index (Phi) is 6.48. The number of amides is 1. The van der Waals surface area contributed by atoms with Crippen LogP contribution in [0.5, 0.6) is 23.1 Å². The van der Waals surface area contributed by atoms with Crippen molar-refractivity contribution in [3.63, 3.8) is 0 Å². The monoisotopic (exact) mass is 519 g/mol. The summed E-state index contributed by atoms with van der Waals surface area (Å²) >= 11 is 0. The van der Waals surface area contributed by atoms with Crippen molar-refractivity contribution in [1.29, 1.82) is 0 Å². The second-order valence-corrected chi connectivity index (χ2v) is 9.50. The molecule has 0 saturated carbocycles. The van der Waals surface area contributed by atoms with E-state index in [-0.39, 0.29) is 51.3 Å². The van der Waals surface area contributed by atoms with Crippen molar-refractivity contribution >= 4 is 11.7 Å². The molecule has 1 unspecified atom stereocenters. The van der Waals surface area contributed by atoms with E-state index in [0.29, 0.717) is 18.8 Å². The highest BCUT2D eigenvalue weighted by molar-refractivity contribution is 6.04. The highest BCUT2D eigenvalue weighted by atomic mass is 16.5. The third kappa shape index (κ3) is 4.02. The number of fused-ring (bicyclic) bond motifs is 1. The Labute approximate surface area is 218 Å². The van der Waals surface area contributed by atoms with Gasteiger partial charge in [-0.25, -0.2) is 4.79 Å². The molecule has 38 heavy (non-hydrogen) atoms. The fourth-order valence-electron chi connectivity index (χ4n) is 5.21. The molecule has 1 aromatic heterocycles.